The van der Waals surface area contributed by atoms with E-state index in [1.54, 1.807) is 0 Å². The average Bonchev–Trinajstić information content (AvgIpc) is 2.85. The largest absolute Gasteiger partial charge is 0.353 e. The molecule has 94 valence electrons. The van der Waals surface area contributed by atoms with E-state index in [9.17, 15) is 9.18 Å². The van der Waals surface area contributed by atoms with Gasteiger partial charge in [0.25, 0.3) is 5.91 Å². The maximum atomic E-state index is 13.0. The summed E-state index contributed by atoms with van der Waals surface area (Å²) in [4.78, 5) is 11.8. The molecule has 0 fully saturated rings. The number of halogens is 2. The van der Waals surface area contributed by atoms with Crippen LogP contribution in [0.2, 0.25) is 0 Å². The van der Waals surface area contributed by atoms with E-state index in [1.165, 1.54) is 18.2 Å². The number of carbonyl (C=O) groups excluding carboxylic acids is 1. The lowest BCUT2D eigenvalue weighted by Gasteiger charge is -2.06. The molecule has 1 N–H and O–H groups in total. The summed E-state index contributed by atoms with van der Waals surface area (Å²) >= 11 is 3.05. The Morgan fingerprint density at radius 2 is 2.06 bits per heavy atom. The molecule has 0 bridgehead atoms. The quantitative estimate of drug-likeness (QED) is 0.925. The number of nitrogens with one attached hydrogen (secondary N) is 1. The van der Waals surface area contributed by atoms with E-state index in [4.69, 9.17) is 0 Å². The lowest BCUT2D eigenvalue weighted by atomic mass is 10.2. The Balaban J connectivity index is 1.89. The first-order valence-corrected chi connectivity index (χ1v) is 6.30. The molecule has 1 aromatic heterocycles. The normalized spacial score (nSPS) is 10.3. The molecule has 0 radical (unpaired) electrons. The lowest BCUT2D eigenvalue weighted by molar-refractivity contribution is 0.0952. The first-order valence-electron chi connectivity index (χ1n) is 5.51. The SMILES string of the molecule is O=C(NCCn1cccc1)c1ccc(F)c(Br)c1. The molecule has 0 aliphatic rings. The molecular formula is C13H12BrFN2O. The molecule has 0 saturated carbocycles. The number of carbonyl (C=O) groups is 1. The van der Waals surface area contributed by atoms with Crippen molar-refractivity contribution in [1.82, 2.24) is 9.88 Å². The second kappa shape index (κ2) is 5.82. The zero-order chi connectivity index (χ0) is 13.0. The van der Waals surface area contributed by atoms with Gasteiger partial charge in [0.15, 0.2) is 0 Å². The molecule has 0 aliphatic carbocycles. The third-order valence-corrected chi connectivity index (χ3v) is 3.11. The van der Waals surface area contributed by atoms with Crippen molar-refractivity contribution in [3.8, 4) is 0 Å². The zero-order valence-corrected chi connectivity index (χ0v) is 11.2. The summed E-state index contributed by atoms with van der Waals surface area (Å²) in [5.41, 5.74) is 0.441. The molecule has 0 atom stereocenters. The molecule has 18 heavy (non-hydrogen) atoms. The molecule has 1 aromatic carbocycles. The van der Waals surface area contributed by atoms with Crippen LogP contribution in [0.3, 0.4) is 0 Å². The monoisotopic (exact) mass is 310 g/mol. The second-order valence-corrected chi connectivity index (χ2v) is 4.66. The Hall–Kier alpha value is -1.62. The summed E-state index contributed by atoms with van der Waals surface area (Å²) in [5, 5.41) is 2.78. The van der Waals surface area contributed by atoms with Crippen LogP contribution >= 0.6 is 15.9 Å². The van der Waals surface area contributed by atoms with E-state index in [0.717, 1.165) is 0 Å². The van der Waals surface area contributed by atoms with Crippen molar-refractivity contribution in [3.05, 3.63) is 58.6 Å². The van der Waals surface area contributed by atoms with Crippen LogP contribution in [0.25, 0.3) is 0 Å². The van der Waals surface area contributed by atoms with Crippen molar-refractivity contribution < 1.29 is 9.18 Å². The fraction of sp³-hybridized carbons (Fsp3) is 0.154. The fourth-order valence-electron chi connectivity index (χ4n) is 1.56. The number of hydrogen-bond acceptors (Lipinski definition) is 1. The predicted octanol–water partition coefficient (Wildman–Crippen LogP) is 2.82. The minimum atomic E-state index is -0.376. The number of amides is 1. The average molecular weight is 311 g/mol. The van der Waals surface area contributed by atoms with Crippen LogP contribution < -0.4 is 5.32 Å². The highest BCUT2D eigenvalue weighted by Gasteiger charge is 2.07. The third-order valence-electron chi connectivity index (χ3n) is 2.50. The van der Waals surface area contributed by atoms with Crippen molar-refractivity contribution in [3.63, 3.8) is 0 Å². The van der Waals surface area contributed by atoms with Crippen LogP contribution in [0.4, 0.5) is 4.39 Å². The van der Waals surface area contributed by atoms with Gasteiger partial charge in [-0.2, -0.15) is 0 Å². The predicted molar refractivity (Wildman–Crippen MR) is 70.9 cm³/mol. The molecule has 0 unspecified atom stereocenters. The molecule has 0 saturated heterocycles. The van der Waals surface area contributed by atoms with Gasteiger partial charge in [-0.1, -0.05) is 0 Å². The van der Waals surface area contributed by atoms with E-state index in [2.05, 4.69) is 21.2 Å². The molecular weight excluding hydrogens is 299 g/mol. The number of rotatable bonds is 4. The Labute approximate surface area is 113 Å². The van der Waals surface area contributed by atoms with Crippen molar-refractivity contribution in [2.24, 2.45) is 0 Å². The van der Waals surface area contributed by atoms with E-state index in [1.807, 2.05) is 29.1 Å². The van der Waals surface area contributed by atoms with Crippen molar-refractivity contribution in [2.75, 3.05) is 6.54 Å². The van der Waals surface area contributed by atoms with Crippen LogP contribution in [0.1, 0.15) is 10.4 Å². The number of aromatic nitrogens is 1. The van der Waals surface area contributed by atoms with E-state index >= 15 is 0 Å². The second-order valence-electron chi connectivity index (χ2n) is 3.81. The Kier molecular flexibility index (Phi) is 4.15. The maximum absolute atomic E-state index is 13.0. The minimum absolute atomic E-state index is 0.206. The lowest BCUT2D eigenvalue weighted by Crippen LogP contribution is -2.26. The Morgan fingerprint density at radius 3 is 2.72 bits per heavy atom. The Bertz CT molecular complexity index is 540. The summed E-state index contributed by atoms with van der Waals surface area (Å²) in [6.45, 7) is 1.24. The van der Waals surface area contributed by atoms with Gasteiger partial charge < -0.3 is 9.88 Å². The molecule has 1 amide bonds. The van der Waals surface area contributed by atoms with Crippen LogP contribution in [0, 0.1) is 5.82 Å². The number of hydrogen-bond donors (Lipinski definition) is 1. The van der Waals surface area contributed by atoms with Crippen molar-refractivity contribution in [2.45, 2.75) is 6.54 Å². The van der Waals surface area contributed by atoms with E-state index in [0.29, 0.717) is 23.1 Å². The molecule has 2 rings (SSSR count). The molecule has 2 aromatic rings. The molecule has 5 heteroatoms. The summed E-state index contributed by atoms with van der Waals surface area (Å²) in [6, 6.07) is 8.06. The van der Waals surface area contributed by atoms with Crippen LogP contribution in [-0.2, 0) is 6.54 Å². The minimum Gasteiger partial charge on any atom is -0.353 e. The highest BCUT2D eigenvalue weighted by molar-refractivity contribution is 9.10. The summed E-state index contributed by atoms with van der Waals surface area (Å²) in [6.07, 6.45) is 3.86. The van der Waals surface area contributed by atoms with Crippen molar-refractivity contribution >= 4 is 21.8 Å². The van der Waals surface area contributed by atoms with E-state index in [-0.39, 0.29) is 11.7 Å². The molecule has 3 nitrogen and oxygen atoms in total. The molecule has 1 heterocycles. The zero-order valence-electron chi connectivity index (χ0n) is 9.57. The summed E-state index contributed by atoms with van der Waals surface area (Å²) in [7, 11) is 0. The van der Waals surface area contributed by atoms with Crippen molar-refractivity contribution in [1.29, 1.82) is 0 Å². The summed E-state index contributed by atoms with van der Waals surface area (Å²) < 4.78 is 15.3. The van der Waals surface area contributed by atoms with Gasteiger partial charge in [-0.3, -0.25) is 4.79 Å². The summed E-state index contributed by atoms with van der Waals surface area (Å²) in [5.74, 6) is -0.582. The first kappa shape index (κ1) is 12.8. The van der Waals surface area contributed by atoms with Gasteiger partial charge in [-0.15, -0.1) is 0 Å². The topological polar surface area (TPSA) is 34.0 Å². The van der Waals surface area contributed by atoms with Gasteiger partial charge in [-0.25, -0.2) is 4.39 Å². The number of benzene rings is 1. The molecule has 0 spiro atoms. The third kappa shape index (κ3) is 3.20. The highest BCUT2D eigenvalue weighted by Crippen LogP contribution is 2.16. The van der Waals surface area contributed by atoms with Crippen LogP contribution in [-0.4, -0.2) is 17.0 Å². The van der Waals surface area contributed by atoms with E-state index < -0.39 is 0 Å². The highest BCUT2D eigenvalue weighted by atomic mass is 79.9. The first-order chi connectivity index (χ1) is 8.66. The van der Waals surface area contributed by atoms with Gasteiger partial charge in [0.1, 0.15) is 5.82 Å². The van der Waals surface area contributed by atoms with Gasteiger partial charge in [0.2, 0.25) is 0 Å². The smallest absolute Gasteiger partial charge is 0.251 e. The van der Waals surface area contributed by atoms with Gasteiger partial charge >= 0.3 is 0 Å². The molecule has 0 aliphatic heterocycles. The fourth-order valence-corrected chi connectivity index (χ4v) is 1.94. The Morgan fingerprint density at radius 1 is 1.33 bits per heavy atom. The standard InChI is InChI=1S/C13H12BrFN2O/c14-11-9-10(3-4-12(11)15)13(18)16-5-8-17-6-1-2-7-17/h1-4,6-7,9H,5,8H2,(H,16,18). The van der Waals surface area contributed by atoms with Gasteiger partial charge in [0.05, 0.1) is 4.47 Å². The van der Waals surface area contributed by atoms with Crippen LogP contribution in [0.5, 0.6) is 0 Å². The van der Waals surface area contributed by atoms with Gasteiger partial charge in [0, 0.05) is 31.0 Å². The maximum Gasteiger partial charge on any atom is 0.251 e. The van der Waals surface area contributed by atoms with Crippen LogP contribution in [0.15, 0.2) is 47.2 Å². The van der Waals surface area contributed by atoms with Gasteiger partial charge in [-0.05, 0) is 46.3 Å². The number of nitrogens with zero attached hydrogens (tertiary/aromatic N) is 1.